The molecule has 2 nitrogen and oxygen atoms in total. The lowest BCUT2D eigenvalue weighted by atomic mass is 9.78. The Morgan fingerprint density at radius 1 is 1.44 bits per heavy atom. The van der Waals surface area contributed by atoms with Crippen molar-refractivity contribution in [2.75, 3.05) is 0 Å². The Labute approximate surface area is 103 Å². The van der Waals surface area contributed by atoms with Gasteiger partial charge in [0, 0.05) is 15.5 Å². The van der Waals surface area contributed by atoms with Crippen molar-refractivity contribution >= 4 is 35.5 Å². The molecular weight excluding hydrogens is 242 g/mol. The van der Waals surface area contributed by atoms with Gasteiger partial charge in [-0.25, -0.2) is 0 Å². The maximum absolute atomic E-state index is 9.63. The zero-order valence-electron chi connectivity index (χ0n) is 8.31. The molecule has 0 unspecified atom stereocenters. The van der Waals surface area contributed by atoms with Gasteiger partial charge in [0.2, 0.25) is 0 Å². The molecule has 3 rings (SSSR count). The smallest absolute Gasteiger partial charge is 0.423 e. The highest BCUT2D eigenvalue weighted by Crippen LogP contribution is 2.32. The average Bonchev–Trinajstić information content (AvgIpc) is 2.88. The number of hydrogen-bond donors (Lipinski definition) is 1. The van der Waals surface area contributed by atoms with Crippen molar-refractivity contribution in [1.82, 2.24) is 0 Å². The molecular formula is C11H8BClO2S. The molecule has 0 saturated heterocycles. The van der Waals surface area contributed by atoms with Gasteiger partial charge in [-0.05, 0) is 28.5 Å². The van der Waals surface area contributed by atoms with Gasteiger partial charge in [-0.1, -0.05) is 23.7 Å². The topological polar surface area (TPSA) is 29.5 Å². The van der Waals surface area contributed by atoms with E-state index in [1.807, 2.05) is 29.6 Å². The number of hydrogen-bond acceptors (Lipinski definition) is 3. The minimum Gasteiger partial charge on any atom is -0.423 e. The maximum Gasteiger partial charge on any atom is 0.491 e. The molecule has 2 heterocycles. The monoisotopic (exact) mass is 250 g/mol. The second-order valence-corrected chi connectivity index (χ2v) is 5.03. The van der Waals surface area contributed by atoms with Crippen LogP contribution in [0.2, 0.25) is 5.02 Å². The van der Waals surface area contributed by atoms with E-state index < -0.39 is 7.12 Å². The Bertz CT molecular complexity index is 527. The first-order valence-corrected chi connectivity index (χ1v) is 6.17. The number of benzene rings is 1. The van der Waals surface area contributed by atoms with Crippen LogP contribution in [-0.2, 0) is 11.3 Å². The van der Waals surface area contributed by atoms with Gasteiger partial charge in [0.1, 0.15) is 0 Å². The first kappa shape index (κ1) is 10.4. The zero-order valence-corrected chi connectivity index (χ0v) is 9.89. The van der Waals surface area contributed by atoms with Crippen LogP contribution in [0.5, 0.6) is 0 Å². The van der Waals surface area contributed by atoms with E-state index in [1.165, 1.54) is 0 Å². The van der Waals surface area contributed by atoms with Crippen molar-refractivity contribution in [1.29, 1.82) is 0 Å². The molecule has 1 aromatic heterocycles. The Morgan fingerprint density at radius 3 is 3.06 bits per heavy atom. The molecule has 0 amide bonds. The molecule has 1 aliphatic heterocycles. The van der Waals surface area contributed by atoms with Crippen LogP contribution in [0.15, 0.2) is 29.6 Å². The number of fused-ring (bicyclic) bond motifs is 1. The fraction of sp³-hybridized carbons (Fsp3) is 0.0909. The lowest BCUT2D eigenvalue weighted by molar-refractivity contribution is 0.275. The molecule has 1 aliphatic rings. The van der Waals surface area contributed by atoms with Crippen LogP contribution in [0.25, 0.3) is 10.4 Å². The third-order valence-electron chi connectivity index (χ3n) is 2.68. The summed E-state index contributed by atoms with van der Waals surface area (Å²) in [6.07, 6.45) is 0. The van der Waals surface area contributed by atoms with Crippen LogP contribution < -0.4 is 5.46 Å². The van der Waals surface area contributed by atoms with E-state index in [0.717, 1.165) is 21.5 Å². The van der Waals surface area contributed by atoms with Gasteiger partial charge in [-0.2, -0.15) is 0 Å². The van der Waals surface area contributed by atoms with Crippen LogP contribution in [0, 0.1) is 0 Å². The standard InChI is InChI=1S/C11H8BClO2S/c13-10-4-7-6-15-12(14)9(7)5-8(10)11-2-1-3-16-11/h1-5,14H,6H2. The molecule has 0 saturated carbocycles. The van der Waals surface area contributed by atoms with Crippen molar-refractivity contribution in [2.45, 2.75) is 6.61 Å². The van der Waals surface area contributed by atoms with Gasteiger partial charge in [0.25, 0.3) is 0 Å². The summed E-state index contributed by atoms with van der Waals surface area (Å²) in [5.41, 5.74) is 2.76. The molecule has 1 N–H and O–H groups in total. The van der Waals surface area contributed by atoms with Crippen LogP contribution in [0.3, 0.4) is 0 Å². The molecule has 1 aromatic carbocycles. The normalized spacial score (nSPS) is 14.2. The van der Waals surface area contributed by atoms with E-state index in [0.29, 0.717) is 11.6 Å². The lowest BCUT2D eigenvalue weighted by Gasteiger charge is -2.05. The molecule has 2 aromatic rings. The van der Waals surface area contributed by atoms with E-state index >= 15 is 0 Å². The van der Waals surface area contributed by atoms with Crippen LogP contribution >= 0.6 is 22.9 Å². The zero-order chi connectivity index (χ0) is 11.1. The van der Waals surface area contributed by atoms with Crippen molar-refractivity contribution in [3.8, 4) is 10.4 Å². The van der Waals surface area contributed by atoms with Gasteiger partial charge < -0.3 is 9.68 Å². The molecule has 0 aliphatic carbocycles. The molecule has 0 fully saturated rings. The second kappa shape index (κ2) is 3.89. The highest BCUT2D eigenvalue weighted by molar-refractivity contribution is 7.13. The van der Waals surface area contributed by atoms with Crippen LogP contribution in [0.4, 0.5) is 0 Å². The third kappa shape index (κ3) is 1.58. The van der Waals surface area contributed by atoms with E-state index in [2.05, 4.69) is 0 Å². The average molecular weight is 251 g/mol. The summed E-state index contributed by atoms with van der Waals surface area (Å²) in [6.45, 7) is 0.431. The van der Waals surface area contributed by atoms with Gasteiger partial charge in [0.05, 0.1) is 6.61 Å². The minimum atomic E-state index is -0.814. The predicted molar refractivity (Wildman–Crippen MR) is 67.2 cm³/mol. The summed E-state index contributed by atoms with van der Waals surface area (Å²) in [6, 6.07) is 7.79. The summed E-state index contributed by atoms with van der Waals surface area (Å²) in [5, 5.41) is 12.3. The van der Waals surface area contributed by atoms with Gasteiger partial charge >= 0.3 is 7.12 Å². The van der Waals surface area contributed by atoms with E-state index in [-0.39, 0.29) is 0 Å². The summed E-state index contributed by atoms with van der Waals surface area (Å²) < 4.78 is 5.15. The summed E-state index contributed by atoms with van der Waals surface area (Å²) in [4.78, 5) is 1.10. The summed E-state index contributed by atoms with van der Waals surface area (Å²) >= 11 is 7.85. The minimum absolute atomic E-state index is 0.431. The van der Waals surface area contributed by atoms with Crippen molar-refractivity contribution in [3.63, 3.8) is 0 Å². The third-order valence-corrected chi connectivity index (χ3v) is 3.89. The quantitative estimate of drug-likeness (QED) is 0.787. The predicted octanol–water partition coefficient (Wildman–Crippen LogP) is 2.29. The lowest BCUT2D eigenvalue weighted by Crippen LogP contribution is -2.28. The maximum atomic E-state index is 9.63. The SMILES string of the molecule is OB1OCc2cc(Cl)c(-c3cccs3)cc21. The molecule has 0 radical (unpaired) electrons. The Balaban J connectivity index is 2.17. The molecule has 0 atom stereocenters. The van der Waals surface area contributed by atoms with Gasteiger partial charge in [-0.15, -0.1) is 11.3 Å². The number of rotatable bonds is 1. The Hall–Kier alpha value is -0.805. The number of thiophene rings is 1. The second-order valence-electron chi connectivity index (χ2n) is 3.67. The van der Waals surface area contributed by atoms with E-state index in [9.17, 15) is 5.02 Å². The first-order valence-electron chi connectivity index (χ1n) is 4.91. The summed E-state index contributed by atoms with van der Waals surface area (Å²) in [5.74, 6) is 0. The highest BCUT2D eigenvalue weighted by Gasteiger charge is 2.28. The Morgan fingerprint density at radius 2 is 2.31 bits per heavy atom. The fourth-order valence-corrected chi connectivity index (χ4v) is 2.97. The van der Waals surface area contributed by atoms with E-state index in [1.54, 1.807) is 11.3 Å². The molecule has 80 valence electrons. The first-order chi connectivity index (χ1) is 7.75. The van der Waals surface area contributed by atoms with Gasteiger partial charge in [0.15, 0.2) is 0 Å². The number of halogens is 1. The Kier molecular flexibility index (Phi) is 2.52. The van der Waals surface area contributed by atoms with E-state index in [4.69, 9.17) is 16.3 Å². The molecule has 5 heteroatoms. The van der Waals surface area contributed by atoms with Gasteiger partial charge in [-0.3, -0.25) is 0 Å². The largest absolute Gasteiger partial charge is 0.491 e. The highest BCUT2D eigenvalue weighted by atomic mass is 35.5. The molecule has 16 heavy (non-hydrogen) atoms. The van der Waals surface area contributed by atoms with Crippen LogP contribution in [-0.4, -0.2) is 12.1 Å². The van der Waals surface area contributed by atoms with Crippen LogP contribution in [0.1, 0.15) is 5.56 Å². The van der Waals surface area contributed by atoms with Crippen molar-refractivity contribution < 1.29 is 9.68 Å². The molecule has 0 bridgehead atoms. The van der Waals surface area contributed by atoms with Crippen molar-refractivity contribution in [3.05, 3.63) is 40.2 Å². The molecule has 0 spiro atoms. The summed E-state index contributed by atoms with van der Waals surface area (Å²) in [7, 11) is -0.814. The fourth-order valence-electron chi connectivity index (χ4n) is 1.87. The van der Waals surface area contributed by atoms with Crippen molar-refractivity contribution in [2.24, 2.45) is 0 Å².